The van der Waals surface area contributed by atoms with E-state index in [1.54, 1.807) is 4.90 Å². The van der Waals surface area contributed by atoms with Crippen molar-refractivity contribution in [2.45, 2.75) is 20.0 Å². The van der Waals surface area contributed by atoms with Gasteiger partial charge in [-0.3, -0.25) is 9.89 Å². The van der Waals surface area contributed by atoms with Gasteiger partial charge in [-0.15, -0.1) is 0 Å². The molecule has 118 valence electrons. The molecule has 0 aliphatic carbocycles. The molecule has 0 bridgehead atoms. The van der Waals surface area contributed by atoms with Crippen LogP contribution in [0.3, 0.4) is 0 Å². The van der Waals surface area contributed by atoms with Gasteiger partial charge in [-0.25, -0.2) is 4.39 Å². The maximum Gasteiger partial charge on any atom is 0.257 e. The molecule has 1 amide bonds. The second kappa shape index (κ2) is 7.17. The van der Waals surface area contributed by atoms with E-state index in [1.165, 1.54) is 36.7 Å². The number of carbonyl (C=O) groups is 1. The molecular weight excluding hydrogens is 285 g/mol. The number of nitrogens with one attached hydrogen (secondary N) is 1. The van der Waals surface area contributed by atoms with Gasteiger partial charge in [0.05, 0.1) is 24.4 Å². The lowest BCUT2D eigenvalue weighted by Gasteiger charge is -2.26. The largest absolute Gasteiger partial charge is 0.387 e. The van der Waals surface area contributed by atoms with Crippen LogP contribution in [0, 0.1) is 11.7 Å². The van der Waals surface area contributed by atoms with Gasteiger partial charge >= 0.3 is 0 Å². The van der Waals surface area contributed by atoms with Crippen molar-refractivity contribution in [3.63, 3.8) is 0 Å². The van der Waals surface area contributed by atoms with Crippen molar-refractivity contribution in [3.8, 4) is 0 Å². The molecule has 0 aliphatic rings. The van der Waals surface area contributed by atoms with Crippen LogP contribution in [0.1, 0.15) is 35.9 Å². The van der Waals surface area contributed by atoms with Crippen molar-refractivity contribution in [1.29, 1.82) is 0 Å². The van der Waals surface area contributed by atoms with Gasteiger partial charge < -0.3 is 10.0 Å². The summed E-state index contributed by atoms with van der Waals surface area (Å²) in [6, 6.07) is 5.64. The number of hydrogen-bond donors (Lipinski definition) is 2. The monoisotopic (exact) mass is 305 g/mol. The van der Waals surface area contributed by atoms with Crippen LogP contribution in [0.2, 0.25) is 0 Å². The highest BCUT2D eigenvalue weighted by Crippen LogP contribution is 2.17. The summed E-state index contributed by atoms with van der Waals surface area (Å²) >= 11 is 0. The Balaban J connectivity index is 2.12. The summed E-state index contributed by atoms with van der Waals surface area (Å²) in [5.41, 5.74) is 1.03. The number of aromatic nitrogens is 2. The lowest BCUT2D eigenvalue weighted by Crippen LogP contribution is -2.37. The van der Waals surface area contributed by atoms with Crippen LogP contribution in [0.5, 0.6) is 0 Å². The van der Waals surface area contributed by atoms with Gasteiger partial charge in [0.15, 0.2) is 0 Å². The quantitative estimate of drug-likeness (QED) is 0.861. The van der Waals surface area contributed by atoms with Gasteiger partial charge in [-0.2, -0.15) is 5.10 Å². The summed E-state index contributed by atoms with van der Waals surface area (Å²) in [6.07, 6.45) is 2.12. The van der Waals surface area contributed by atoms with Crippen LogP contribution in [0.25, 0.3) is 0 Å². The predicted molar refractivity (Wildman–Crippen MR) is 80.7 cm³/mol. The second-order valence-electron chi connectivity index (χ2n) is 5.66. The number of amides is 1. The Morgan fingerprint density at radius 3 is 2.55 bits per heavy atom. The highest BCUT2D eigenvalue weighted by atomic mass is 19.1. The average Bonchev–Trinajstić information content (AvgIpc) is 3.00. The fourth-order valence-electron chi connectivity index (χ4n) is 2.23. The van der Waals surface area contributed by atoms with Crippen molar-refractivity contribution < 1.29 is 14.3 Å². The number of aromatic amines is 1. The van der Waals surface area contributed by atoms with Crippen molar-refractivity contribution >= 4 is 5.91 Å². The fourth-order valence-corrected chi connectivity index (χ4v) is 2.23. The molecule has 1 aromatic heterocycles. The Hall–Kier alpha value is -2.21. The van der Waals surface area contributed by atoms with Gasteiger partial charge in [0.2, 0.25) is 0 Å². The van der Waals surface area contributed by atoms with Crippen LogP contribution < -0.4 is 0 Å². The third kappa shape index (κ3) is 4.14. The molecule has 2 N–H and O–H groups in total. The molecule has 0 saturated heterocycles. The van der Waals surface area contributed by atoms with E-state index >= 15 is 0 Å². The zero-order valence-electron chi connectivity index (χ0n) is 12.7. The minimum Gasteiger partial charge on any atom is -0.387 e. The van der Waals surface area contributed by atoms with Gasteiger partial charge in [0.25, 0.3) is 5.91 Å². The predicted octanol–water partition coefficient (Wildman–Crippen LogP) is 2.38. The van der Waals surface area contributed by atoms with Gasteiger partial charge in [-0.1, -0.05) is 26.0 Å². The van der Waals surface area contributed by atoms with E-state index in [2.05, 4.69) is 10.2 Å². The van der Waals surface area contributed by atoms with E-state index in [0.717, 1.165) is 0 Å². The van der Waals surface area contributed by atoms with Gasteiger partial charge in [0, 0.05) is 12.7 Å². The first-order chi connectivity index (χ1) is 10.5. The second-order valence-corrected chi connectivity index (χ2v) is 5.66. The zero-order valence-corrected chi connectivity index (χ0v) is 12.7. The number of aliphatic hydroxyl groups is 1. The molecule has 0 spiro atoms. The Bertz CT molecular complexity index is 596. The summed E-state index contributed by atoms with van der Waals surface area (Å²) < 4.78 is 12.9. The molecule has 0 unspecified atom stereocenters. The molecule has 0 saturated carbocycles. The van der Waals surface area contributed by atoms with Crippen molar-refractivity contribution in [2.24, 2.45) is 5.92 Å². The molecule has 1 aromatic carbocycles. The molecule has 1 atom stereocenters. The minimum absolute atomic E-state index is 0.147. The third-order valence-corrected chi connectivity index (χ3v) is 3.27. The number of carbonyl (C=O) groups excluding carboxylic acids is 1. The maximum atomic E-state index is 12.9. The number of aliphatic hydroxyl groups excluding tert-OH is 1. The summed E-state index contributed by atoms with van der Waals surface area (Å²) in [7, 11) is 0. The first-order valence-electron chi connectivity index (χ1n) is 7.19. The van der Waals surface area contributed by atoms with Gasteiger partial charge in [0.1, 0.15) is 5.82 Å². The Morgan fingerprint density at radius 2 is 2.00 bits per heavy atom. The molecule has 6 heteroatoms. The van der Waals surface area contributed by atoms with E-state index in [1.807, 2.05) is 13.8 Å². The van der Waals surface area contributed by atoms with E-state index in [4.69, 9.17) is 0 Å². The van der Waals surface area contributed by atoms with Crippen LogP contribution in [-0.4, -0.2) is 39.2 Å². The molecule has 22 heavy (non-hydrogen) atoms. The molecule has 1 heterocycles. The van der Waals surface area contributed by atoms with Gasteiger partial charge in [-0.05, 0) is 23.6 Å². The highest BCUT2D eigenvalue weighted by Gasteiger charge is 2.21. The molecule has 0 fully saturated rings. The third-order valence-electron chi connectivity index (χ3n) is 3.27. The van der Waals surface area contributed by atoms with E-state index in [-0.39, 0.29) is 24.2 Å². The lowest BCUT2D eigenvalue weighted by molar-refractivity contribution is 0.0594. The van der Waals surface area contributed by atoms with E-state index < -0.39 is 6.10 Å². The number of rotatable bonds is 6. The Labute approximate surface area is 128 Å². The molecule has 0 radical (unpaired) electrons. The SMILES string of the molecule is CC(C)CN(C[C@@H](O)c1ccc(F)cc1)C(=O)c1cn[nH]c1. The fraction of sp³-hybridized carbons (Fsp3) is 0.375. The molecule has 2 rings (SSSR count). The molecule has 5 nitrogen and oxygen atoms in total. The van der Waals surface area contributed by atoms with Crippen LogP contribution in [-0.2, 0) is 0 Å². The number of hydrogen-bond acceptors (Lipinski definition) is 3. The lowest BCUT2D eigenvalue weighted by atomic mass is 10.1. The molecule has 2 aromatic rings. The normalized spacial score (nSPS) is 12.4. The van der Waals surface area contributed by atoms with E-state index in [0.29, 0.717) is 17.7 Å². The van der Waals surface area contributed by atoms with Crippen molar-refractivity contribution in [3.05, 3.63) is 53.6 Å². The number of nitrogens with zero attached hydrogens (tertiary/aromatic N) is 2. The number of benzene rings is 1. The average molecular weight is 305 g/mol. The van der Waals surface area contributed by atoms with Crippen LogP contribution >= 0.6 is 0 Å². The summed E-state index contributed by atoms with van der Waals surface area (Å²) in [5, 5.41) is 16.7. The standard InChI is InChI=1S/C16H20FN3O2/c1-11(2)9-20(16(22)13-7-18-19-8-13)10-15(21)12-3-5-14(17)6-4-12/h3-8,11,15,21H,9-10H2,1-2H3,(H,18,19)/t15-/m1/s1. The Morgan fingerprint density at radius 1 is 1.32 bits per heavy atom. The number of H-pyrrole nitrogens is 1. The summed E-state index contributed by atoms with van der Waals surface area (Å²) in [5.74, 6) is -0.288. The maximum absolute atomic E-state index is 12.9. The topological polar surface area (TPSA) is 69.2 Å². The molecule has 0 aliphatic heterocycles. The van der Waals surface area contributed by atoms with Crippen molar-refractivity contribution in [2.75, 3.05) is 13.1 Å². The number of halogens is 1. The Kier molecular flexibility index (Phi) is 5.27. The summed E-state index contributed by atoms with van der Waals surface area (Å²) in [6.45, 7) is 4.66. The first-order valence-corrected chi connectivity index (χ1v) is 7.19. The van der Waals surface area contributed by atoms with Crippen LogP contribution in [0.15, 0.2) is 36.7 Å². The smallest absolute Gasteiger partial charge is 0.257 e. The molecular formula is C16H20FN3O2. The van der Waals surface area contributed by atoms with E-state index in [9.17, 15) is 14.3 Å². The minimum atomic E-state index is -0.866. The summed E-state index contributed by atoms with van der Waals surface area (Å²) in [4.78, 5) is 14.0. The highest BCUT2D eigenvalue weighted by molar-refractivity contribution is 5.93. The van der Waals surface area contributed by atoms with Crippen LogP contribution in [0.4, 0.5) is 4.39 Å². The van der Waals surface area contributed by atoms with Crippen molar-refractivity contribution in [1.82, 2.24) is 15.1 Å². The first kappa shape index (κ1) is 16.2. The zero-order chi connectivity index (χ0) is 16.1.